The monoisotopic (exact) mass is 375 g/mol. The van der Waals surface area contributed by atoms with Gasteiger partial charge in [-0.05, 0) is 42.1 Å². The Labute approximate surface area is 156 Å². The van der Waals surface area contributed by atoms with Crippen LogP contribution in [-0.4, -0.2) is 35.0 Å². The molecule has 3 atom stereocenters. The molecule has 0 spiro atoms. The zero-order valence-electron chi connectivity index (χ0n) is 14.7. The van der Waals surface area contributed by atoms with Crippen LogP contribution in [0.4, 0.5) is 0 Å². The Hall–Kier alpha value is -2.05. The summed E-state index contributed by atoms with van der Waals surface area (Å²) >= 11 is 5.89. The van der Waals surface area contributed by atoms with Crippen LogP contribution in [-0.2, 0) is 11.3 Å². The molecule has 7 heteroatoms. The second-order valence-electron chi connectivity index (χ2n) is 7.26. The van der Waals surface area contributed by atoms with Crippen molar-refractivity contribution in [1.29, 1.82) is 0 Å². The van der Waals surface area contributed by atoms with Gasteiger partial charge in [-0.15, -0.1) is 0 Å². The maximum Gasteiger partial charge on any atom is 0.251 e. The first-order valence-electron chi connectivity index (χ1n) is 8.93. The number of likely N-dealkylation sites (tertiary alicyclic amines) is 1. The van der Waals surface area contributed by atoms with Gasteiger partial charge in [0.2, 0.25) is 5.91 Å². The summed E-state index contributed by atoms with van der Waals surface area (Å²) < 4.78 is 7.41. The first-order valence-corrected chi connectivity index (χ1v) is 9.31. The second kappa shape index (κ2) is 6.93. The van der Waals surface area contributed by atoms with Crippen LogP contribution in [0.1, 0.15) is 36.8 Å². The number of piperidine rings is 1. The maximum absolute atomic E-state index is 12.5. The number of aromatic nitrogens is 1. The number of halogens is 1. The standard InChI is InChI=1S/C19H22ClN3O3/c1-12(24)21-8-17-14-7-13(16-3-2-4-19(25)23(16)17)9-22(10-14)11-15-5-6-18(20)26-15/h2-6,13-14,17H,7-11H2,1H3,(H,21,24)/t13-,14+,17+/m1/s1. The fourth-order valence-corrected chi connectivity index (χ4v) is 4.60. The van der Waals surface area contributed by atoms with Gasteiger partial charge in [-0.3, -0.25) is 14.5 Å². The van der Waals surface area contributed by atoms with Crippen LogP contribution in [0.25, 0.3) is 0 Å². The average Bonchev–Trinajstić information content (AvgIpc) is 3.00. The predicted octanol–water partition coefficient (Wildman–Crippen LogP) is 2.39. The maximum atomic E-state index is 12.5. The highest BCUT2D eigenvalue weighted by Gasteiger charge is 2.40. The first kappa shape index (κ1) is 17.4. The van der Waals surface area contributed by atoms with E-state index in [1.807, 2.05) is 22.8 Å². The Bertz CT molecular complexity index is 875. The number of nitrogens with zero attached hydrogens (tertiary/aromatic N) is 2. The van der Waals surface area contributed by atoms with E-state index in [0.717, 1.165) is 31.0 Å². The smallest absolute Gasteiger partial charge is 0.251 e. The van der Waals surface area contributed by atoms with E-state index in [1.54, 1.807) is 12.1 Å². The molecule has 1 amide bonds. The van der Waals surface area contributed by atoms with Crippen molar-refractivity contribution in [3.8, 4) is 0 Å². The Balaban J connectivity index is 1.63. The summed E-state index contributed by atoms with van der Waals surface area (Å²) in [5.41, 5.74) is 1.07. The number of fused-ring (bicyclic) bond motifs is 4. The van der Waals surface area contributed by atoms with Crippen LogP contribution >= 0.6 is 11.6 Å². The molecule has 4 rings (SSSR count). The summed E-state index contributed by atoms with van der Waals surface area (Å²) in [6.45, 7) is 4.42. The minimum Gasteiger partial charge on any atom is -0.448 e. The van der Waals surface area contributed by atoms with Gasteiger partial charge < -0.3 is 14.3 Å². The van der Waals surface area contributed by atoms with Crippen molar-refractivity contribution in [3.05, 3.63) is 57.4 Å². The molecule has 138 valence electrons. The summed E-state index contributed by atoms with van der Waals surface area (Å²) in [5.74, 6) is 1.38. The molecule has 6 nitrogen and oxygen atoms in total. The molecule has 0 unspecified atom stereocenters. The Morgan fingerprint density at radius 1 is 1.31 bits per heavy atom. The van der Waals surface area contributed by atoms with Gasteiger partial charge in [0.1, 0.15) is 5.76 Å². The summed E-state index contributed by atoms with van der Waals surface area (Å²) in [5, 5.41) is 3.30. The number of nitrogens with one attached hydrogen (secondary N) is 1. The molecular weight excluding hydrogens is 354 g/mol. The first-order chi connectivity index (χ1) is 12.5. The van der Waals surface area contributed by atoms with E-state index in [9.17, 15) is 9.59 Å². The third-order valence-electron chi connectivity index (χ3n) is 5.44. The highest BCUT2D eigenvalue weighted by Crippen LogP contribution is 2.41. The second-order valence-corrected chi connectivity index (χ2v) is 7.63. The number of rotatable bonds is 4. The van der Waals surface area contributed by atoms with E-state index in [4.69, 9.17) is 16.0 Å². The minimum atomic E-state index is -0.0736. The van der Waals surface area contributed by atoms with Crippen molar-refractivity contribution in [2.75, 3.05) is 19.6 Å². The lowest BCUT2D eigenvalue weighted by atomic mass is 9.78. The molecule has 26 heavy (non-hydrogen) atoms. The van der Waals surface area contributed by atoms with Gasteiger partial charge in [-0.25, -0.2) is 0 Å². The van der Waals surface area contributed by atoms with Gasteiger partial charge in [0.15, 0.2) is 5.22 Å². The third kappa shape index (κ3) is 3.31. The number of pyridine rings is 1. The van der Waals surface area contributed by atoms with Gasteiger partial charge in [-0.2, -0.15) is 0 Å². The van der Waals surface area contributed by atoms with Gasteiger partial charge in [-0.1, -0.05) is 6.07 Å². The molecule has 0 aliphatic carbocycles. The van der Waals surface area contributed by atoms with E-state index in [2.05, 4.69) is 10.2 Å². The quantitative estimate of drug-likeness (QED) is 0.891. The van der Waals surface area contributed by atoms with E-state index >= 15 is 0 Å². The largest absolute Gasteiger partial charge is 0.448 e. The topological polar surface area (TPSA) is 67.5 Å². The third-order valence-corrected chi connectivity index (χ3v) is 5.65. The normalized spacial score (nSPS) is 24.9. The average molecular weight is 376 g/mol. The molecule has 2 aromatic heterocycles. The van der Waals surface area contributed by atoms with Crippen LogP contribution in [0.5, 0.6) is 0 Å². The lowest BCUT2D eigenvalue weighted by Crippen LogP contribution is -2.51. The Morgan fingerprint density at radius 3 is 2.88 bits per heavy atom. The van der Waals surface area contributed by atoms with Crippen molar-refractivity contribution in [2.45, 2.75) is 31.8 Å². The predicted molar refractivity (Wildman–Crippen MR) is 98.3 cm³/mol. The molecule has 4 heterocycles. The van der Waals surface area contributed by atoms with E-state index in [-0.39, 0.29) is 17.5 Å². The molecule has 0 saturated carbocycles. The van der Waals surface area contributed by atoms with E-state index in [1.165, 1.54) is 6.92 Å². The lowest BCUT2D eigenvalue weighted by molar-refractivity contribution is -0.119. The van der Waals surface area contributed by atoms with Gasteiger partial charge >= 0.3 is 0 Å². The van der Waals surface area contributed by atoms with Crippen LogP contribution in [0, 0.1) is 5.92 Å². The van der Waals surface area contributed by atoms with Crippen molar-refractivity contribution in [2.24, 2.45) is 5.92 Å². The molecule has 2 aromatic rings. The van der Waals surface area contributed by atoms with Crippen molar-refractivity contribution in [3.63, 3.8) is 0 Å². The highest BCUT2D eigenvalue weighted by atomic mass is 35.5. The van der Waals surface area contributed by atoms with Crippen LogP contribution in [0.3, 0.4) is 0 Å². The SMILES string of the molecule is CC(=O)NC[C@H]1[C@H]2C[C@H](CN(Cc3ccc(Cl)o3)C2)c2cccc(=O)n21. The molecule has 1 fully saturated rings. The zero-order valence-corrected chi connectivity index (χ0v) is 15.4. The summed E-state index contributed by atoms with van der Waals surface area (Å²) in [7, 11) is 0. The fourth-order valence-electron chi connectivity index (χ4n) is 4.43. The number of hydrogen-bond donors (Lipinski definition) is 1. The fraction of sp³-hybridized carbons (Fsp3) is 0.474. The van der Waals surface area contributed by atoms with E-state index in [0.29, 0.717) is 30.1 Å². The molecule has 1 saturated heterocycles. The molecule has 1 N–H and O–H groups in total. The van der Waals surface area contributed by atoms with Crippen molar-refractivity contribution in [1.82, 2.24) is 14.8 Å². The van der Waals surface area contributed by atoms with Crippen molar-refractivity contribution >= 4 is 17.5 Å². The lowest BCUT2D eigenvalue weighted by Gasteiger charge is -2.46. The number of carbonyl (C=O) groups excluding carboxylic acids is 1. The van der Waals surface area contributed by atoms with Gasteiger partial charge in [0, 0.05) is 44.2 Å². The van der Waals surface area contributed by atoms with Crippen LogP contribution in [0.2, 0.25) is 5.22 Å². The zero-order chi connectivity index (χ0) is 18.3. The molecule has 2 bridgehead atoms. The molecule has 2 aliphatic heterocycles. The van der Waals surface area contributed by atoms with Gasteiger partial charge in [0.05, 0.1) is 12.6 Å². The Morgan fingerprint density at radius 2 is 2.15 bits per heavy atom. The summed E-state index contributed by atoms with van der Waals surface area (Å²) in [6.07, 6.45) is 1.03. The number of hydrogen-bond acceptors (Lipinski definition) is 4. The van der Waals surface area contributed by atoms with Gasteiger partial charge in [0.25, 0.3) is 5.56 Å². The van der Waals surface area contributed by atoms with Crippen LogP contribution < -0.4 is 10.9 Å². The Kier molecular flexibility index (Phi) is 4.63. The minimum absolute atomic E-state index is 0.0128. The molecule has 0 radical (unpaired) electrons. The highest BCUT2D eigenvalue weighted by molar-refractivity contribution is 6.28. The number of furan rings is 1. The molecular formula is C19H22ClN3O3. The molecule has 0 aromatic carbocycles. The summed E-state index contributed by atoms with van der Waals surface area (Å²) in [6, 6.07) is 9.11. The van der Waals surface area contributed by atoms with E-state index < -0.39 is 0 Å². The number of amides is 1. The van der Waals surface area contributed by atoms with Crippen LogP contribution in [0.15, 0.2) is 39.5 Å². The number of carbonyl (C=O) groups is 1. The molecule has 2 aliphatic rings. The summed E-state index contributed by atoms with van der Waals surface area (Å²) in [4.78, 5) is 26.3. The van der Waals surface area contributed by atoms with Crippen molar-refractivity contribution < 1.29 is 9.21 Å².